The van der Waals surface area contributed by atoms with E-state index in [1.54, 1.807) is 11.7 Å². The molecule has 0 unspecified atom stereocenters. The number of sulfonamides is 1. The number of aryl methyl sites for hydroxylation is 1. The van der Waals surface area contributed by atoms with Crippen LogP contribution in [0.15, 0.2) is 6.20 Å². The third-order valence-electron chi connectivity index (χ3n) is 3.77. The number of carboxylic acids is 1. The smallest absolute Gasteiger partial charge is 0.339 e. The fourth-order valence-corrected chi connectivity index (χ4v) is 3.36. The standard InChI is InChI=1S/C12H20N4O4S/c1-15-11(10(7-14-15)12(17)18)8-13-9-3-5-16(6-4-9)21(2,19)20/h7,9,13H,3-6,8H2,1-2H3,(H,17,18). The lowest BCUT2D eigenvalue weighted by molar-refractivity contribution is 0.0695. The molecule has 1 aromatic heterocycles. The number of carboxylic acid groups (broad SMARTS) is 1. The zero-order chi connectivity index (χ0) is 15.6. The Kier molecular flexibility index (Phi) is 4.64. The number of carbonyl (C=O) groups is 1. The Labute approximate surface area is 123 Å². The maximum Gasteiger partial charge on any atom is 0.339 e. The average Bonchev–Trinajstić information content (AvgIpc) is 2.77. The second-order valence-corrected chi connectivity index (χ2v) is 7.23. The van der Waals surface area contributed by atoms with Crippen LogP contribution >= 0.6 is 0 Å². The fourth-order valence-electron chi connectivity index (χ4n) is 2.48. The van der Waals surface area contributed by atoms with Crippen molar-refractivity contribution in [1.82, 2.24) is 19.4 Å². The molecular formula is C12H20N4O4S. The third-order valence-corrected chi connectivity index (χ3v) is 5.08. The Morgan fingerprint density at radius 3 is 2.62 bits per heavy atom. The maximum absolute atomic E-state index is 11.4. The summed E-state index contributed by atoms with van der Waals surface area (Å²) < 4.78 is 25.9. The Morgan fingerprint density at radius 2 is 2.10 bits per heavy atom. The van der Waals surface area contributed by atoms with Crippen molar-refractivity contribution in [2.24, 2.45) is 7.05 Å². The second kappa shape index (κ2) is 6.12. The van der Waals surface area contributed by atoms with Crippen LogP contribution < -0.4 is 5.32 Å². The highest BCUT2D eigenvalue weighted by Gasteiger charge is 2.25. The normalized spacial score (nSPS) is 18.0. The van der Waals surface area contributed by atoms with Gasteiger partial charge in [-0.2, -0.15) is 5.10 Å². The molecule has 0 amide bonds. The van der Waals surface area contributed by atoms with Crippen molar-refractivity contribution in [2.45, 2.75) is 25.4 Å². The first kappa shape index (κ1) is 15.9. The molecule has 2 rings (SSSR count). The first-order chi connectivity index (χ1) is 9.79. The molecule has 0 aliphatic carbocycles. The predicted molar refractivity (Wildman–Crippen MR) is 76.4 cm³/mol. The summed E-state index contributed by atoms with van der Waals surface area (Å²) in [6.45, 7) is 1.39. The van der Waals surface area contributed by atoms with E-state index in [1.807, 2.05) is 0 Å². The van der Waals surface area contributed by atoms with E-state index in [0.717, 1.165) is 0 Å². The molecular weight excluding hydrogens is 296 g/mol. The second-order valence-electron chi connectivity index (χ2n) is 5.25. The molecule has 1 saturated heterocycles. The van der Waals surface area contributed by atoms with Crippen LogP contribution in [0, 0.1) is 0 Å². The molecule has 21 heavy (non-hydrogen) atoms. The highest BCUT2D eigenvalue weighted by Crippen LogP contribution is 2.14. The summed E-state index contributed by atoms with van der Waals surface area (Å²) in [5, 5.41) is 16.3. The molecule has 2 N–H and O–H groups in total. The SMILES string of the molecule is Cn1ncc(C(=O)O)c1CNC1CCN(S(C)(=O)=O)CC1. The van der Waals surface area contributed by atoms with Gasteiger partial charge >= 0.3 is 5.97 Å². The highest BCUT2D eigenvalue weighted by molar-refractivity contribution is 7.88. The maximum atomic E-state index is 11.4. The molecule has 1 aliphatic rings. The molecule has 0 spiro atoms. The summed E-state index contributed by atoms with van der Waals surface area (Å²) in [4.78, 5) is 11.1. The van der Waals surface area contributed by atoms with Gasteiger partial charge in [0.25, 0.3) is 0 Å². The van der Waals surface area contributed by atoms with Crippen LogP contribution in [0.5, 0.6) is 0 Å². The minimum Gasteiger partial charge on any atom is -0.478 e. The van der Waals surface area contributed by atoms with E-state index in [4.69, 9.17) is 5.11 Å². The van der Waals surface area contributed by atoms with E-state index < -0.39 is 16.0 Å². The zero-order valence-corrected chi connectivity index (χ0v) is 12.9. The van der Waals surface area contributed by atoms with E-state index in [9.17, 15) is 13.2 Å². The average molecular weight is 316 g/mol. The lowest BCUT2D eigenvalue weighted by atomic mass is 10.1. The van der Waals surface area contributed by atoms with Crippen molar-refractivity contribution in [1.29, 1.82) is 0 Å². The van der Waals surface area contributed by atoms with Crippen LogP contribution in [0.1, 0.15) is 28.9 Å². The number of piperidine rings is 1. The summed E-state index contributed by atoms with van der Waals surface area (Å²) in [7, 11) is -1.41. The Morgan fingerprint density at radius 1 is 1.48 bits per heavy atom. The summed E-state index contributed by atoms with van der Waals surface area (Å²) in [5.74, 6) is -0.994. The molecule has 2 heterocycles. The van der Waals surface area contributed by atoms with Gasteiger partial charge in [-0.3, -0.25) is 4.68 Å². The van der Waals surface area contributed by atoms with Crippen LogP contribution in [-0.4, -0.2) is 59.0 Å². The van der Waals surface area contributed by atoms with Gasteiger partial charge in [0.05, 0.1) is 18.1 Å². The minimum absolute atomic E-state index is 0.180. The number of nitrogens with zero attached hydrogens (tertiary/aromatic N) is 3. The van der Waals surface area contributed by atoms with Crippen molar-refractivity contribution < 1.29 is 18.3 Å². The van der Waals surface area contributed by atoms with Crippen LogP contribution in [0.4, 0.5) is 0 Å². The van der Waals surface area contributed by atoms with Gasteiger partial charge in [-0.1, -0.05) is 0 Å². The minimum atomic E-state index is -3.12. The molecule has 1 aromatic rings. The van der Waals surface area contributed by atoms with Crippen molar-refractivity contribution in [3.05, 3.63) is 17.5 Å². The molecule has 0 atom stereocenters. The molecule has 8 nitrogen and oxygen atoms in total. The van der Waals surface area contributed by atoms with E-state index in [1.165, 1.54) is 16.8 Å². The quantitative estimate of drug-likeness (QED) is 0.768. The van der Waals surface area contributed by atoms with Gasteiger partial charge in [0.1, 0.15) is 5.56 Å². The van der Waals surface area contributed by atoms with Gasteiger partial charge in [-0.05, 0) is 12.8 Å². The Balaban J connectivity index is 1.91. The number of aromatic nitrogens is 2. The number of hydrogen-bond acceptors (Lipinski definition) is 5. The third kappa shape index (κ3) is 3.80. The summed E-state index contributed by atoms with van der Waals surface area (Å²) in [6, 6.07) is 0.180. The molecule has 0 saturated carbocycles. The first-order valence-corrected chi connectivity index (χ1v) is 8.56. The topological polar surface area (TPSA) is 105 Å². The van der Waals surface area contributed by atoms with Crippen LogP contribution in [0.2, 0.25) is 0 Å². The van der Waals surface area contributed by atoms with Crippen molar-refractivity contribution >= 4 is 16.0 Å². The number of hydrogen-bond donors (Lipinski definition) is 2. The Hall–Kier alpha value is -1.45. The van der Waals surface area contributed by atoms with Crippen LogP contribution in [0.25, 0.3) is 0 Å². The molecule has 0 aromatic carbocycles. The van der Waals surface area contributed by atoms with E-state index in [-0.39, 0.29) is 11.6 Å². The van der Waals surface area contributed by atoms with Gasteiger partial charge < -0.3 is 10.4 Å². The molecule has 0 bridgehead atoms. The van der Waals surface area contributed by atoms with Gasteiger partial charge in [0.2, 0.25) is 10.0 Å². The fraction of sp³-hybridized carbons (Fsp3) is 0.667. The van der Waals surface area contributed by atoms with Crippen LogP contribution in [-0.2, 0) is 23.6 Å². The molecule has 1 aliphatic heterocycles. The largest absolute Gasteiger partial charge is 0.478 e. The number of aromatic carboxylic acids is 1. The van der Waals surface area contributed by atoms with Gasteiger partial charge in [0, 0.05) is 32.7 Å². The number of rotatable bonds is 5. The van der Waals surface area contributed by atoms with E-state index in [0.29, 0.717) is 38.2 Å². The molecule has 9 heteroatoms. The van der Waals surface area contributed by atoms with Gasteiger partial charge in [-0.25, -0.2) is 17.5 Å². The Bertz CT molecular complexity index is 617. The summed E-state index contributed by atoms with van der Waals surface area (Å²) in [6.07, 6.45) is 3.99. The molecule has 1 fully saturated rings. The molecule has 0 radical (unpaired) electrons. The van der Waals surface area contributed by atoms with E-state index >= 15 is 0 Å². The van der Waals surface area contributed by atoms with Crippen molar-refractivity contribution in [2.75, 3.05) is 19.3 Å². The van der Waals surface area contributed by atoms with E-state index in [2.05, 4.69) is 10.4 Å². The lowest BCUT2D eigenvalue weighted by Crippen LogP contribution is -2.44. The number of nitrogens with one attached hydrogen (secondary N) is 1. The lowest BCUT2D eigenvalue weighted by Gasteiger charge is -2.30. The monoisotopic (exact) mass is 316 g/mol. The first-order valence-electron chi connectivity index (χ1n) is 6.71. The van der Waals surface area contributed by atoms with Crippen LogP contribution in [0.3, 0.4) is 0 Å². The van der Waals surface area contributed by atoms with Crippen molar-refractivity contribution in [3.8, 4) is 0 Å². The zero-order valence-electron chi connectivity index (χ0n) is 12.1. The van der Waals surface area contributed by atoms with Crippen molar-refractivity contribution in [3.63, 3.8) is 0 Å². The van der Waals surface area contributed by atoms with Gasteiger partial charge in [0.15, 0.2) is 0 Å². The van der Waals surface area contributed by atoms with Gasteiger partial charge in [-0.15, -0.1) is 0 Å². The summed E-state index contributed by atoms with van der Waals surface area (Å²) in [5.41, 5.74) is 0.812. The highest BCUT2D eigenvalue weighted by atomic mass is 32.2. The summed E-state index contributed by atoms with van der Waals surface area (Å²) >= 11 is 0. The molecule has 118 valence electrons. The predicted octanol–water partition coefficient (Wildman–Crippen LogP) is -0.368.